The van der Waals surface area contributed by atoms with Crippen LogP contribution in [0, 0.1) is 12.7 Å². The second-order valence-corrected chi connectivity index (χ2v) is 8.92. The topological polar surface area (TPSA) is 29.5 Å². The first kappa shape index (κ1) is 21.3. The van der Waals surface area contributed by atoms with Crippen LogP contribution < -0.4 is 4.74 Å². The SMILES string of the molecule is Cc1ccc(CN2C(=O)C(=Cc3ccc(OCc4cccc(F)c4)cc3)SC2=S)cc1. The Kier molecular flexibility index (Phi) is 6.49. The van der Waals surface area contributed by atoms with Crippen molar-refractivity contribution < 1.29 is 13.9 Å². The van der Waals surface area contributed by atoms with Gasteiger partial charge in [-0.05, 0) is 54.0 Å². The summed E-state index contributed by atoms with van der Waals surface area (Å²) in [4.78, 5) is 15.1. The van der Waals surface area contributed by atoms with Gasteiger partial charge in [-0.3, -0.25) is 9.69 Å². The first-order valence-corrected chi connectivity index (χ1v) is 11.0. The zero-order valence-corrected chi connectivity index (χ0v) is 18.5. The molecule has 3 aromatic carbocycles. The average Bonchev–Trinajstić information content (AvgIpc) is 3.02. The molecule has 0 saturated carbocycles. The highest BCUT2D eigenvalue weighted by atomic mass is 32.2. The number of rotatable bonds is 6. The Morgan fingerprint density at radius 2 is 1.77 bits per heavy atom. The van der Waals surface area contributed by atoms with Gasteiger partial charge in [-0.25, -0.2) is 4.39 Å². The smallest absolute Gasteiger partial charge is 0.266 e. The number of ether oxygens (including phenoxy) is 1. The van der Waals surface area contributed by atoms with Gasteiger partial charge in [0.15, 0.2) is 0 Å². The molecule has 1 aliphatic rings. The van der Waals surface area contributed by atoms with Gasteiger partial charge in [-0.1, -0.05) is 78.1 Å². The molecule has 1 fully saturated rings. The number of thioether (sulfide) groups is 1. The first-order chi connectivity index (χ1) is 15.0. The molecule has 1 heterocycles. The number of hydrogen-bond acceptors (Lipinski definition) is 4. The molecule has 0 spiro atoms. The number of benzene rings is 3. The standard InChI is InChI=1S/C25H20FNO2S2/c1-17-5-7-19(8-6-17)15-27-24(28)23(31-25(27)30)14-18-9-11-22(12-10-18)29-16-20-3-2-4-21(26)13-20/h2-14H,15-16H2,1H3. The molecule has 0 bridgehead atoms. The predicted octanol–water partition coefficient (Wildman–Crippen LogP) is 6.11. The van der Waals surface area contributed by atoms with Crippen molar-refractivity contribution in [3.05, 3.63) is 106 Å². The van der Waals surface area contributed by atoms with Crippen LogP contribution in [0.5, 0.6) is 5.75 Å². The van der Waals surface area contributed by atoms with Gasteiger partial charge in [0.2, 0.25) is 0 Å². The highest BCUT2D eigenvalue weighted by Crippen LogP contribution is 2.33. The van der Waals surface area contributed by atoms with E-state index in [9.17, 15) is 9.18 Å². The lowest BCUT2D eigenvalue weighted by Crippen LogP contribution is -2.27. The van der Waals surface area contributed by atoms with Crippen molar-refractivity contribution in [3.8, 4) is 5.75 Å². The Morgan fingerprint density at radius 3 is 2.48 bits per heavy atom. The van der Waals surface area contributed by atoms with Crippen molar-refractivity contribution in [2.24, 2.45) is 0 Å². The Bertz CT molecular complexity index is 1140. The van der Waals surface area contributed by atoms with E-state index >= 15 is 0 Å². The third kappa shape index (κ3) is 5.40. The fourth-order valence-corrected chi connectivity index (χ4v) is 4.37. The molecule has 3 aromatic rings. The van der Waals surface area contributed by atoms with Crippen molar-refractivity contribution in [3.63, 3.8) is 0 Å². The molecule has 0 N–H and O–H groups in total. The summed E-state index contributed by atoms with van der Waals surface area (Å²) in [6.45, 7) is 2.79. The summed E-state index contributed by atoms with van der Waals surface area (Å²) in [6, 6.07) is 21.8. The molecule has 0 atom stereocenters. The molecule has 4 rings (SSSR count). The molecule has 1 amide bonds. The van der Waals surface area contributed by atoms with Crippen LogP contribution in [0.1, 0.15) is 22.3 Å². The van der Waals surface area contributed by atoms with Gasteiger partial charge in [0.05, 0.1) is 11.4 Å². The van der Waals surface area contributed by atoms with Gasteiger partial charge in [0.1, 0.15) is 22.5 Å². The summed E-state index contributed by atoms with van der Waals surface area (Å²) < 4.78 is 19.5. The van der Waals surface area contributed by atoms with Crippen LogP contribution in [0.2, 0.25) is 0 Å². The molecule has 3 nitrogen and oxygen atoms in total. The Hall–Kier alpha value is -2.96. The minimum atomic E-state index is -0.281. The van der Waals surface area contributed by atoms with Crippen LogP contribution in [0.15, 0.2) is 77.7 Å². The molecule has 0 unspecified atom stereocenters. The number of halogens is 1. The van der Waals surface area contributed by atoms with Crippen molar-refractivity contribution >= 4 is 40.3 Å². The van der Waals surface area contributed by atoms with Gasteiger partial charge in [-0.15, -0.1) is 0 Å². The maximum absolute atomic E-state index is 13.3. The average molecular weight is 450 g/mol. The molecule has 0 aromatic heterocycles. The molecule has 31 heavy (non-hydrogen) atoms. The molecule has 0 radical (unpaired) electrons. The molecule has 1 saturated heterocycles. The zero-order chi connectivity index (χ0) is 21.8. The number of amides is 1. The van der Waals surface area contributed by atoms with Gasteiger partial charge in [0.25, 0.3) is 5.91 Å². The van der Waals surface area contributed by atoms with Crippen LogP contribution >= 0.6 is 24.0 Å². The van der Waals surface area contributed by atoms with E-state index in [0.29, 0.717) is 21.5 Å². The van der Waals surface area contributed by atoms with E-state index in [1.54, 1.807) is 11.0 Å². The molecule has 1 aliphatic heterocycles. The van der Waals surface area contributed by atoms with Gasteiger partial charge >= 0.3 is 0 Å². The number of thiocarbonyl (C=S) groups is 1. The number of hydrogen-bond donors (Lipinski definition) is 0. The lowest BCUT2D eigenvalue weighted by molar-refractivity contribution is -0.122. The van der Waals surface area contributed by atoms with Crippen LogP contribution in [-0.2, 0) is 17.9 Å². The Balaban J connectivity index is 1.40. The minimum absolute atomic E-state index is 0.0815. The van der Waals surface area contributed by atoms with Gasteiger partial charge < -0.3 is 4.74 Å². The highest BCUT2D eigenvalue weighted by Gasteiger charge is 2.31. The van der Waals surface area contributed by atoms with E-state index in [1.807, 2.05) is 67.6 Å². The van der Waals surface area contributed by atoms with Crippen molar-refractivity contribution in [2.75, 3.05) is 0 Å². The van der Waals surface area contributed by atoms with E-state index in [4.69, 9.17) is 17.0 Å². The summed E-state index contributed by atoms with van der Waals surface area (Å²) in [5.41, 5.74) is 3.87. The third-order valence-electron chi connectivity index (χ3n) is 4.81. The number of aryl methyl sites for hydroxylation is 1. The van der Waals surface area contributed by atoms with E-state index in [1.165, 1.54) is 29.5 Å². The molecule has 156 valence electrons. The second kappa shape index (κ2) is 9.45. The molecule has 0 aliphatic carbocycles. The maximum Gasteiger partial charge on any atom is 0.266 e. The van der Waals surface area contributed by atoms with E-state index < -0.39 is 0 Å². The molecular formula is C25H20FNO2S2. The van der Waals surface area contributed by atoms with Crippen molar-refractivity contribution in [1.29, 1.82) is 0 Å². The summed E-state index contributed by atoms with van der Waals surface area (Å²) in [7, 11) is 0. The predicted molar refractivity (Wildman–Crippen MR) is 127 cm³/mol. The maximum atomic E-state index is 13.3. The quantitative estimate of drug-likeness (QED) is 0.335. The summed E-state index contributed by atoms with van der Waals surface area (Å²) in [6.07, 6.45) is 1.84. The molecular weight excluding hydrogens is 429 g/mol. The second-order valence-electron chi connectivity index (χ2n) is 7.24. The monoisotopic (exact) mass is 449 g/mol. The lowest BCUT2D eigenvalue weighted by Gasteiger charge is -2.14. The van der Waals surface area contributed by atoms with E-state index in [0.717, 1.165) is 16.7 Å². The normalized spacial score (nSPS) is 15.0. The summed E-state index contributed by atoms with van der Waals surface area (Å²) >= 11 is 6.74. The zero-order valence-electron chi connectivity index (χ0n) is 16.9. The third-order valence-corrected chi connectivity index (χ3v) is 6.19. The highest BCUT2D eigenvalue weighted by molar-refractivity contribution is 8.26. The number of carbonyl (C=O) groups excluding carboxylic acids is 1. The van der Waals surface area contributed by atoms with Crippen molar-refractivity contribution in [2.45, 2.75) is 20.1 Å². The van der Waals surface area contributed by atoms with Crippen LogP contribution in [0.3, 0.4) is 0 Å². The first-order valence-electron chi connectivity index (χ1n) is 9.76. The Morgan fingerprint density at radius 1 is 1.03 bits per heavy atom. The minimum Gasteiger partial charge on any atom is -0.489 e. The van der Waals surface area contributed by atoms with Crippen LogP contribution in [0.25, 0.3) is 6.08 Å². The van der Waals surface area contributed by atoms with E-state index in [2.05, 4.69) is 0 Å². The molecule has 6 heteroatoms. The summed E-state index contributed by atoms with van der Waals surface area (Å²) in [5, 5.41) is 0. The fourth-order valence-electron chi connectivity index (χ4n) is 3.12. The number of nitrogens with zero attached hydrogens (tertiary/aromatic N) is 1. The van der Waals surface area contributed by atoms with Crippen LogP contribution in [-0.4, -0.2) is 15.1 Å². The lowest BCUT2D eigenvalue weighted by atomic mass is 10.1. The number of carbonyl (C=O) groups is 1. The van der Waals surface area contributed by atoms with Gasteiger partial charge in [-0.2, -0.15) is 0 Å². The van der Waals surface area contributed by atoms with Gasteiger partial charge in [0, 0.05) is 0 Å². The Labute approximate surface area is 190 Å². The van der Waals surface area contributed by atoms with Crippen LogP contribution in [0.4, 0.5) is 4.39 Å². The van der Waals surface area contributed by atoms with Crippen molar-refractivity contribution in [1.82, 2.24) is 4.90 Å². The van der Waals surface area contributed by atoms with E-state index in [-0.39, 0.29) is 18.3 Å². The fraction of sp³-hybridized carbons (Fsp3) is 0.120. The summed E-state index contributed by atoms with van der Waals surface area (Å²) in [5.74, 6) is 0.312. The largest absolute Gasteiger partial charge is 0.489 e.